The first-order valence-electron chi connectivity index (χ1n) is 5.76. The van der Waals surface area contributed by atoms with Crippen molar-refractivity contribution in [1.82, 2.24) is 19.6 Å². The fraction of sp³-hybridized carbons (Fsp3) is 0.0769. The largest absolute Gasteiger partial charge is 0.504 e. The lowest BCUT2D eigenvalue weighted by atomic mass is 10.1. The van der Waals surface area contributed by atoms with E-state index in [9.17, 15) is 10.2 Å². The van der Waals surface area contributed by atoms with Crippen LogP contribution in [-0.4, -0.2) is 29.8 Å². The normalized spacial score (nSPS) is 11.0. The van der Waals surface area contributed by atoms with Crippen LogP contribution in [0, 0.1) is 0 Å². The first kappa shape index (κ1) is 11.3. The molecule has 19 heavy (non-hydrogen) atoms. The van der Waals surface area contributed by atoms with E-state index in [0.717, 1.165) is 5.56 Å². The Hall–Kier alpha value is -2.76. The second-order valence-corrected chi connectivity index (χ2v) is 4.09. The van der Waals surface area contributed by atoms with Crippen molar-refractivity contribution < 1.29 is 10.2 Å². The minimum atomic E-state index is -0.309. The highest BCUT2D eigenvalue weighted by molar-refractivity contribution is 5.41. The molecule has 0 aliphatic heterocycles. The van der Waals surface area contributed by atoms with E-state index < -0.39 is 0 Å². The maximum absolute atomic E-state index is 9.63. The highest BCUT2D eigenvalue weighted by atomic mass is 16.3. The molecule has 0 aliphatic rings. The van der Waals surface area contributed by atoms with Gasteiger partial charge in [0.1, 0.15) is 0 Å². The zero-order chi connectivity index (χ0) is 13.2. The predicted molar refractivity (Wildman–Crippen MR) is 67.8 cm³/mol. The van der Waals surface area contributed by atoms with Crippen LogP contribution in [0.2, 0.25) is 0 Å². The van der Waals surface area contributed by atoms with E-state index in [-0.39, 0.29) is 17.7 Å². The predicted octanol–water partition coefficient (Wildman–Crippen LogP) is 1.59. The van der Waals surface area contributed by atoms with Crippen molar-refractivity contribution in [2.24, 2.45) is 0 Å². The van der Waals surface area contributed by atoms with Crippen molar-refractivity contribution in [2.45, 2.75) is 6.17 Å². The van der Waals surface area contributed by atoms with Crippen LogP contribution in [0.25, 0.3) is 0 Å². The summed E-state index contributed by atoms with van der Waals surface area (Å²) in [5.41, 5.74) is 0.766. The third-order valence-corrected chi connectivity index (χ3v) is 2.85. The SMILES string of the molecule is Oc1ccc(C(n2cccn2)n2cccn2)cc1O. The maximum atomic E-state index is 9.63. The number of phenols is 2. The van der Waals surface area contributed by atoms with Gasteiger partial charge in [0.25, 0.3) is 0 Å². The fourth-order valence-corrected chi connectivity index (χ4v) is 1.98. The molecule has 0 spiro atoms. The number of phenolic OH excluding ortho intramolecular Hbond substituents is 2. The highest BCUT2D eigenvalue weighted by Crippen LogP contribution is 2.29. The molecule has 6 nitrogen and oxygen atoms in total. The molecule has 2 N–H and O–H groups in total. The van der Waals surface area contributed by atoms with E-state index in [2.05, 4.69) is 10.2 Å². The van der Waals surface area contributed by atoms with Crippen molar-refractivity contribution in [3.63, 3.8) is 0 Å². The molecule has 0 aliphatic carbocycles. The Morgan fingerprint density at radius 1 is 0.895 bits per heavy atom. The Balaban J connectivity index is 2.12. The van der Waals surface area contributed by atoms with Gasteiger partial charge >= 0.3 is 0 Å². The molecule has 96 valence electrons. The molecule has 2 heterocycles. The van der Waals surface area contributed by atoms with Crippen LogP contribution in [0.1, 0.15) is 11.7 Å². The number of nitrogens with zero attached hydrogens (tertiary/aromatic N) is 4. The van der Waals surface area contributed by atoms with Gasteiger partial charge in [-0.2, -0.15) is 10.2 Å². The minimum Gasteiger partial charge on any atom is -0.504 e. The summed E-state index contributed by atoms with van der Waals surface area (Å²) < 4.78 is 3.44. The molecule has 2 aromatic heterocycles. The second kappa shape index (κ2) is 4.49. The summed E-state index contributed by atoms with van der Waals surface area (Å²) in [6.07, 6.45) is 6.68. The van der Waals surface area contributed by atoms with E-state index in [4.69, 9.17) is 0 Å². The monoisotopic (exact) mass is 256 g/mol. The van der Waals surface area contributed by atoms with Crippen LogP contribution in [0.3, 0.4) is 0 Å². The van der Waals surface area contributed by atoms with Gasteiger partial charge in [0, 0.05) is 30.4 Å². The summed E-state index contributed by atoms with van der Waals surface area (Å²) in [5, 5.41) is 27.5. The van der Waals surface area contributed by atoms with Gasteiger partial charge in [-0.05, 0) is 24.3 Å². The van der Waals surface area contributed by atoms with Crippen LogP contribution in [0.5, 0.6) is 11.5 Å². The molecule has 0 saturated heterocycles. The standard InChI is InChI=1S/C13H12N4O2/c18-11-4-3-10(9-12(11)19)13(16-7-1-5-14-16)17-8-2-6-15-17/h1-9,13,18-19H. The van der Waals surface area contributed by atoms with Gasteiger partial charge in [-0.3, -0.25) is 0 Å². The molecule has 3 aromatic rings. The third-order valence-electron chi connectivity index (χ3n) is 2.85. The number of hydrogen-bond donors (Lipinski definition) is 2. The van der Waals surface area contributed by atoms with E-state index in [0.29, 0.717) is 0 Å². The van der Waals surface area contributed by atoms with Gasteiger partial charge in [-0.15, -0.1) is 0 Å². The Kier molecular flexibility index (Phi) is 2.68. The number of rotatable bonds is 3. The van der Waals surface area contributed by atoms with Gasteiger partial charge in [0.2, 0.25) is 0 Å². The number of hydrogen-bond acceptors (Lipinski definition) is 4. The van der Waals surface area contributed by atoms with Crippen molar-refractivity contribution in [3.8, 4) is 11.5 Å². The van der Waals surface area contributed by atoms with Gasteiger partial charge < -0.3 is 10.2 Å². The van der Waals surface area contributed by atoms with Crippen LogP contribution >= 0.6 is 0 Å². The first-order valence-corrected chi connectivity index (χ1v) is 5.76. The second-order valence-electron chi connectivity index (χ2n) is 4.09. The van der Waals surface area contributed by atoms with Gasteiger partial charge in [-0.25, -0.2) is 9.36 Å². The molecule has 0 atom stereocenters. The van der Waals surface area contributed by atoms with E-state index in [1.165, 1.54) is 12.1 Å². The Morgan fingerprint density at radius 3 is 2.00 bits per heavy atom. The number of aromatic hydroxyl groups is 2. The molecule has 1 aromatic carbocycles. The Morgan fingerprint density at radius 2 is 1.53 bits per heavy atom. The van der Waals surface area contributed by atoms with E-state index in [1.807, 2.05) is 24.5 Å². The number of aromatic nitrogens is 4. The number of benzene rings is 1. The summed E-state index contributed by atoms with van der Waals surface area (Å²) >= 11 is 0. The van der Waals surface area contributed by atoms with Crippen LogP contribution in [0.15, 0.2) is 55.1 Å². The topological polar surface area (TPSA) is 76.1 Å². The fourth-order valence-electron chi connectivity index (χ4n) is 1.98. The molecule has 0 unspecified atom stereocenters. The van der Waals surface area contributed by atoms with Gasteiger partial charge in [-0.1, -0.05) is 6.07 Å². The lowest BCUT2D eigenvalue weighted by Crippen LogP contribution is -2.20. The first-order chi connectivity index (χ1) is 9.25. The van der Waals surface area contributed by atoms with Crippen LogP contribution in [-0.2, 0) is 0 Å². The summed E-state index contributed by atoms with van der Waals surface area (Å²) in [4.78, 5) is 0. The van der Waals surface area contributed by atoms with E-state index >= 15 is 0 Å². The molecule has 0 amide bonds. The third kappa shape index (κ3) is 2.03. The molecule has 0 bridgehead atoms. The van der Waals surface area contributed by atoms with Crippen molar-refractivity contribution in [1.29, 1.82) is 0 Å². The van der Waals surface area contributed by atoms with Crippen molar-refractivity contribution in [2.75, 3.05) is 0 Å². The molecule has 0 radical (unpaired) electrons. The van der Waals surface area contributed by atoms with Crippen LogP contribution in [0.4, 0.5) is 0 Å². The smallest absolute Gasteiger partial charge is 0.168 e. The quantitative estimate of drug-likeness (QED) is 0.698. The summed E-state index contributed by atoms with van der Waals surface area (Å²) in [6.45, 7) is 0. The average Bonchev–Trinajstić information content (AvgIpc) is 3.07. The average molecular weight is 256 g/mol. The zero-order valence-corrected chi connectivity index (χ0v) is 9.96. The minimum absolute atomic E-state index is 0.150. The molecular formula is C13H12N4O2. The lowest BCUT2D eigenvalue weighted by Gasteiger charge is -2.19. The van der Waals surface area contributed by atoms with E-state index in [1.54, 1.807) is 27.8 Å². The molecule has 0 fully saturated rings. The van der Waals surface area contributed by atoms with Crippen molar-refractivity contribution >= 4 is 0 Å². The summed E-state index contributed by atoms with van der Waals surface area (Å²) in [7, 11) is 0. The molecule has 6 heteroatoms. The molecule has 3 rings (SSSR count). The highest BCUT2D eigenvalue weighted by Gasteiger charge is 2.17. The molecule has 0 saturated carbocycles. The Bertz CT molecular complexity index is 628. The van der Waals surface area contributed by atoms with Gasteiger partial charge in [0.05, 0.1) is 0 Å². The van der Waals surface area contributed by atoms with Crippen molar-refractivity contribution in [3.05, 3.63) is 60.7 Å². The zero-order valence-electron chi connectivity index (χ0n) is 9.96. The van der Waals surface area contributed by atoms with Gasteiger partial charge in [0.15, 0.2) is 17.7 Å². The lowest BCUT2D eigenvalue weighted by molar-refractivity contribution is 0.393. The summed E-state index contributed by atoms with van der Waals surface area (Å²) in [6, 6.07) is 8.31. The summed E-state index contributed by atoms with van der Waals surface area (Å²) in [5.74, 6) is -0.315. The molecular weight excluding hydrogens is 244 g/mol. The Labute approximate surface area is 109 Å². The van der Waals surface area contributed by atoms with Crippen LogP contribution < -0.4 is 0 Å². The maximum Gasteiger partial charge on any atom is 0.168 e.